The van der Waals surface area contributed by atoms with Crippen molar-refractivity contribution in [3.05, 3.63) is 127 Å². The van der Waals surface area contributed by atoms with Gasteiger partial charge in [0.15, 0.2) is 0 Å². The molecule has 7 aromatic rings. The molecule has 0 spiro atoms. The first-order valence-corrected chi connectivity index (χ1v) is 15.3. The first kappa shape index (κ1) is 22.5. The summed E-state index contributed by atoms with van der Waals surface area (Å²) in [4.78, 5) is 5.22. The fourth-order valence-corrected chi connectivity index (χ4v) is 9.09. The molecule has 0 atom stereocenters. The number of anilines is 4. The minimum atomic E-state index is 0.0551. The van der Waals surface area contributed by atoms with Gasteiger partial charge in [-0.05, 0) is 59.8 Å². The SMILES string of the molecule is Cc1ccc2c(c1)-c1c(sc3ccccc13)B1N2c2sc3ccccc3c2N1c1cccc(-c2ccccc2)c1. The lowest BCUT2D eigenvalue weighted by atomic mass is 9.64. The number of benzene rings is 5. The van der Waals surface area contributed by atoms with E-state index in [1.54, 1.807) is 0 Å². The Labute approximate surface area is 241 Å². The summed E-state index contributed by atoms with van der Waals surface area (Å²) in [6.07, 6.45) is 0. The van der Waals surface area contributed by atoms with Crippen molar-refractivity contribution >= 4 is 76.7 Å². The van der Waals surface area contributed by atoms with Crippen LogP contribution in [0.25, 0.3) is 42.4 Å². The Kier molecular flexibility index (Phi) is 4.69. The Morgan fingerprint density at radius 1 is 0.600 bits per heavy atom. The van der Waals surface area contributed by atoms with Gasteiger partial charge >= 0.3 is 6.98 Å². The summed E-state index contributed by atoms with van der Waals surface area (Å²) in [5.41, 5.74) is 10.3. The van der Waals surface area contributed by atoms with Crippen LogP contribution >= 0.6 is 22.7 Å². The van der Waals surface area contributed by atoms with Crippen molar-refractivity contribution in [2.24, 2.45) is 0 Å². The summed E-state index contributed by atoms with van der Waals surface area (Å²) in [6, 6.07) is 44.6. The predicted molar refractivity (Wildman–Crippen MR) is 175 cm³/mol. The lowest BCUT2D eigenvalue weighted by molar-refractivity contribution is 1.38. The maximum absolute atomic E-state index is 2.61. The molecule has 40 heavy (non-hydrogen) atoms. The molecule has 0 saturated heterocycles. The molecule has 0 amide bonds. The van der Waals surface area contributed by atoms with Gasteiger partial charge in [-0.15, -0.1) is 22.7 Å². The maximum atomic E-state index is 2.61. The number of thiophene rings is 2. The molecule has 0 saturated carbocycles. The Balaban J connectivity index is 1.37. The van der Waals surface area contributed by atoms with E-state index in [2.05, 4.69) is 138 Å². The van der Waals surface area contributed by atoms with Crippen molar-refractivity contribution in [3.8, 4) is 22.3 Å². The van der Waals surface area contributed by atoms with Crippen LogP contribution in [0, 0.1) is 6.92 Å². The average molecular weight is 547 g/mol. The Morgan fingerprint density at radius 3 is 2.17 bits per heavy atom. The normalized spacial score (nSPS) is 13.5. The van der Waals surface area contributed by atoms with Gasteiger partial charge in [-0.1, -0.05) is 90.5 Å². The zero-order valence-electron chi connectivity index (χ0n) is 21.8. The standard InChI is InChI=1S/C35H23BN2S2/c1-22-18-19-29-28(20-22)32-26-14-5-7-16-30(26)39-34(32)36-37(25-13-9-12-24(21-25)23-10-3-2-4-11-23)33-27-15-6-8-17-31(27)40-35(33)38(29)36/h2-21H,1H3. The summed E-state index contributed by atoms with van der Waals surface area (Å²) in [5.74, 6) is 0. The molecular weight excluding hydrogens is 523 g/mol. The number of hydrogen-bond donors (Lipinski definition) is 0. The van der Waals surface area contributed by atoms with Crippen LogP contribution < -0.4 is 14.4 Å². The summed E-state index contributed by atoms with van der Waals surface area (Å²) in [6.45, 7) is 2.26. The molecule has 0 fully saturated rings. The molecule has 0 unspecified atom stereocenters. The van der Waals surface area contributed by atoms with Crippen LogP contribution in [0.15, 0.2) is 121 Å². The molecule has 5 heteroatoms. The molecule has 4 heterocycles. The van der Waals surface area contributed by atoms with Crippen molar-refractivity contribution in [2.75, 3.05) is 9.62 Å². The van der Waals surface area contributed by atoms with E-state index in [9.17, 15) is 0 Å². The van der Waals surface area contributed by atoms with Crippen molar-refractivity contribution in [3.63, 3.8) is 0 Å². The minimum absolute atomic E-state index is 0.0551. The van der Waals surface area contributed by atoms with Gasteiger partial charge in [0.2, 0.25) is 0 Å². The zero-order chi connectivity index (χ0) is 26.4. The highest BCUT2D eigenvalue weighted by atomic mass is 32.1. The van der Waals surface area contributed by atoms with E-state index in [4.69, 9.17) is 0 Å². The third kappa shape index (κ3) is 3.05. The monoisotopic (exact) mass is 546 g/mol. The predicted octanol–water partition coefficient (Wildman–Crippen LogP) is 9.76. The second-order valence-electron chi connectivity index (χ2n) is 10.6. The largest absolute Gasteiger partial charge is 0.432 e. The van der Waals surface area contributed by atoms with E-state index in [-0.39, 0.29) is 6.98 Å². The number of hydrogen-bond acceptors (Lipinski definition) is 4. The second-order valence-corrected chi connectivity index (χ2v) is 12.8. The number of fused-ring (bicyclic) bond motifs is 12. The quantitative estimate of drug-likeness (QED) is 0.199. The van der Waals surface area contributed by atoms with Crippen LogP contribution in [-0.4, -0.2) is 6.98 Å². The molecule has 2 aromatic heterocycles. The van der Waals surface area contributed by atoms with Gasteiger partial charge in [0.1, 0.15) is 5.00 Å². The van der Waals surface area contributed by atoms with E-state index in [0.717, 1.165) is 0 Å². The number of nitrogens with zero attached hydrogens (tertiary/aromatic N) is 2. The van der Waals surface area contributed by atoms with Gasteiger partial charge in [-0.3, -0.25) is 0 Å². The molecule has 2 nitrogen and oxygen atoms in total. The molecule has 0 radical (unpaired) electrons. The molecule has 9 rings (SSSR count). The average Bonchev–Trinajstić information content (AvgIpc) is 3.67. The Bertz CT molecular complexity index is 2110. The fraction of sp³-hybridized carbons (Fsp3) is 0.0286. The van der Waals surface area contributed by atoms with E-state index in [1.165, 1.54) is 74.8 Å². The summed E-state index contributed by atoms with van der Waals surface area (Å²) in [7, 11) is 0. The first-order chi connectivity index (χ1) is 19.8. The molecule has 2 aliphatic rings. The Hall–Kier alpha value is -4.32. The van der Waals surface area contributed by atoms with Gasteiger partial charge < -0.3 is 9.62 Å². The fourth-order valence-electron chi connectivity index (χ4n) is 6.56. The van der Waals surface area contributed by atoms with Crippen LogP contribution in [0.2, 0.25) is 0 Å². The van der Waals surface area contributed by atoms with Crippen LogP contribution in [0.1, 0.15) is 5.56 Å². The highest BCUT2D eigenvalue weighted by Crippen LogP contribution is 2.58. The minimum Gasteiger partial charge on any atom is -0.358 e. The lowest BCUT2D eigenvalue weighted by Crippen LogP contribution is -2.54. The van der Waals surface area contributed by atoms with Crippen LogP contribution in [-0.2, 0) is 0 Å². The van der Waals surface area contributed by atoms with Crippen molar-refractivity contribution in [1.82, 2.24) is 0 Å². The van der Waals surface area contributed by atoms with Crippen molar-refractivity contribution < 1.29 is 0 Å². The van der Waals surface area contributed by atoms with Crippen LogP contribution in [0.5, 0.6) is 0 Å². The molecule has 0 N–H and O–H groups in total. The molecular formula is C35H23BN2S2. The van der Waals surface area contributed by atoms with Crippen LogP contribution in [0.3, 0.4) is 0 Å². The lowest BCUT2D eigenvalue weighted by Gasteiger charge is -2.35. The Morgan fingerprint density at radius 2 is 1.32 bits per heavy atom. The third-order valence-electron chi connectivity index (χ3n) is 8.27. The zero-order valence-corrected chi connectivity index (χ0v) is 23.5. The van der Waals surface area contributed by atoms with Crippen molar-refractivity contribution in [2.45, 2.75) is 6.92 Å². The van der Waals surface area contributed by atoms with Crippen LogP contribution in [0.4, 0.5) is 22.1 Å². The summed E-state index contributed by atoms with van der Waals surface area (Å²) >= 11 is 3.85. The topological polar surface area (TPSA) is 6.48 Å². The molecule has 5 aromatic carbocycles. The first-order valence-electron chi connectivity index (χ1n) is 13.6. The molecule has 188 valence electrons. The molecule has 0 bridgehead atoms. The molecule has 0 aliphatic carbocycles. The highest BCUT2D eigenvalue weighted by molar-refractivity contribution is 7.32. The van der Waals surface area contributed by atoms with Gasteiger partial charge in [0, 0.05) is 42.1 Å². The van der Waals surface area contributed by atoms with Crippen molar-refractivity contribution in [1.29, 1.82) is 0 Å². The van der Waals surface area contributed by atoms with Gasteiger partial charge in [0.25, 0.3) is 0 Å². The van der Waals surface area contributed by atoms with E-state index < -0.39 is 0 Å². The van der Waals surface area contributed by atoms with Gasteiger partial charge in [0.05, 0.1) is 5.69 Å². The molecule has 2 aliphatic heterocycles. The number of aryl methyl sites for hydroxylation is 1. The third-order valence-corrected chi connectivity index (χ3v) is 10.6. The van der Waals surface area contributed by atoms with E-state index in [0.29, 0.717) is 0 Å². The van der Waals surface area contributed by atoms with E-state index >= 15 is 0 Å². The summed E-state index contributed by atoms with van der Waals surface area (Å²) < 4.78 is 4.09. The summed E-state index contributed by atoms with van der Waals surface area (Å²) in [5, 5.41) is 4.00. The van der Waals surface area contributed by atoms with Gasteiger partial charge in [-0.25, -0.2) is 0 Å². The number of rotatable bonds is 2. The maximum Gasteiger partial charge on any atom is 0.432 e. The second kappa shape index (κ2) is 8.34. The van der Waals surface area contributed by atoms with E-state index in [1.807, 2.05) is 22.7 Å². The van der Waals surface area contributed by atoms with Gasteiger partial charge in [-0.2, -0.15) is 0 Å². The smallest absolute Gasteiger partial charge is 0.358 e. The highest BCUT2D eigenvalue weighted by Gasteiger charge is 2.51.